The molecular formula is C10H15ClN7O+. The van der Waals surface area contributed by atoms with Crippen molar-refractivity contribution >= 4 is 17.5 Å². The molecule has 0 bridgehead atoms. The SMILES string of the molecule is CC([NH3+])c1ncnn1-c1cnc(C(N)=O)cn1.CCl. The Morgan fingerprint density at radius 1 is 1.37 bits per heavy atom. The van der Waals surface area contributed by atoms with E-state index in [0.29, 0.717) is 11.6 Å². The number of carbonyl (C=O) groups excluding carboxylic acids is 1. The van der Waals surface area contributed by atoms with Crippen LogP contribution in [0.15, 0.2) is 18.7 Å². The molecule has 5 N–H and O–H groups in total. The van der Waals surface area contributed by atoms with Gasteiger partial charge >= 0.3 is 0 Å². The summed E-state index contributed by atoms with van der Waals surface area (Å²) in [7, 11) is 0. The van der Waals surface area contributed by atoms with E-state index < -0.39 is 5.91 Å². The number of alkyl halides is 1. The maximum atomic E-state index is 10.8. The van der Waals surface area contributed by atoms with Gasteiger partial charge in [0, 0.05) is 6.38 Å². The molecule has 2 aromatic heterocycles. The normalized spacial score (nSPS) is 11.4. The van der Waals surface area contributed by atoms with Crippen LogP contribution in [0.5, 0.6) is 0 Å². The van der Waals surface area contributed by atoms with E-state index in [4.69, 9.17) is 5.73 Å². The first-order valence-electron chi connectivity index (χ1n) is 5.32. The minimum atomic E-state index is -0.617. The third-order valence-corrected chi connectivity index (χ3v) is 2.12. The van der Waals surface area contributed by atoms with E-state index in [1.54, 1.807) is 0 Å². The van der Waals surface area contributed by atoms with Gasteiger partial charge in [0.15, 0.2) is 11.6 Å². The number of quaternary nitrogens is 1. The molecular weight excluding hydrogens is 270 g/mol. The highest BCUT2D eigenvalue weighted by Crippen LogP contribution is 2.08. The van der Waals surface area contributed by atoms with Gasteiger partial charge in [0.2, 0.25) is 0 Å². The van der Waals surface area contributed by atoms with Crippen LogP contribution >= 0.6 is 11.6 Å². The molecule has 0 fully saturated rings. The first-order valence-corrected chi connectivity index (χ1v) is 6.08. The Hall–Kier alpha value is -2.06. The quantitative estimate of drug-likeness (QED) is 0.721. The van der Waals surface area contributed by atoms with E-state index >= 15 is 0 Å². The summed E-state index contributed by atoms with van der Waals surface area (Å²) in [4.78, 5) is 22.9. The second kappa shape index (κ2) is 6.76. The molecule has 0 aliphatic heterocycles. The lowest BCUT2D eigenvalue weighted by Gasteiger charge is -2.05. The van der Waals surface area contributed by atoms with Crippen molar-refractivity contribution in [1.29, 1.82) is 0 Å². The zero-order valence-corrected chi connectivity index (χ0v) is 11.4. The predicted octanol–water partition coefficient (Wildman–Crippen LogP) is -0.686. The van der Waals surface area contributed by atoms with Crippen LogP contribution in [0.3, 0.4) is 0 Å². The maximum Gasteiger partial charge on any atom is 0.268 e. The Kier molecular flexibility index (Phi) is 5.34. The van der Waals surface area contributed by atoms with Gasteiger partial charge in [-0.15, -0.1) is 11.6 Å². The van der Waals surface area contributed by atoms with Gasteiger partial charge in [-0.3, -0.25) is 4.79 Å². The summed E-state index contributed by atoms with van der Waals surface area (Å²) in [6.45, 7) is 1.89. The third-order valence-electron chi connectivity index (χ3n) is 2.12. The highest BCUT2D eigenvalue weighted by molar-refractivity contribution is 6.15. The molecule has 2 rings (SSSR count). The minimum Gasteiger partial charge on any atom is -0.364 e. The van der Waals surface area contributed by atoms with Gasteiger partial charge in [0.25, 0.3) is 5.91 Å². The zero-order valence-electron chi connectivity index (χ0n) is 10.6. The Labute approximate surface area is 114 Å². The van der Waals surface area contributed by atoms with Crippen molar-refractivity contribution < 1.29 is 10.5 Å². The molecule has 0 aromatic carbocycles. The Morgan fingerprint density at radius 2 is 2.05 bits per heavy atom. The molecule has 0 spiro atoms. The zero-order chi connectivity index (χ0) is 14.4. The van der Waals surface area contributed by atoms with Crippen molar-refractivity contribution in [3.05, 3.63) is 30.2 Å². The van der Waals surface area contributed by atoms with E-state index in [1.807, 2.05) is 6.92 Å². The lowest BCUT2D eigenvalue weighted by molar-refractivity contribution is -0.422. The van der Waals surface area contributed by atoms with Gasteiger partial charge < -0.3 is 11.5 Å². The molecule has 0 aliphatic rings. The van der Waals surface area contributed by atoms with Crippen molar-refractivity contribution in [2.24, 2.45) is 5.73 Å². The van der Waals surface area contributed by atoms with Gasteiger partial charge in [0.05, 0.1) is 12.4 Å². The predicted molar refractivity (Wildman–Crippen MR) is 68.5 cm³/mol. The Morgan fingerprint density at radius 3 is 2.53 bits per heavy atom. The summed E-state index contributed by atoms with van der Waals surface area (Å²) in [6, 6.07) is -0.0323. The fourth-order valence-corrected chi connectivity index (χ4v) is 1.32. The summed E-state index contributed by atoms with van der Waals surface area (Å²) >= 11 is 4.64. The number of amides is 1. The molecule has 0 aliphatic carbocycles. The second-order valence-electron chi connectivity index (χ2n) is 3.56. The van der Waals surface area contributed by atoms with E-state index in [0.717, 1.165) is 0 Å². The molecule has 0 saturated heterocycles. The third kappa shape index (κ3) is 3.46. The fraction of sp³-hybridized carbons (Fsp3) is 0.300. The van der Waals surface area contributed by atoms with Crippen LogP contribution in [-0.4, -0.2) is 37.0 Å². The highest BCUT2D eigenvalue weighted by atomic mass is 35.5. The molecule has 2 heterocycles. The highest BCUT2D eigenvalue weighted by Gasteiger charge is 2.14. The van der Waals surface area contributed by atoms with Gasteiger partial charge in [-0.25, -0.2) is 15.0 Å². The van der Waals surface area contributed by atoms with Crippen LogP contribution in [0, 0.1) is 0 Å². The molecule has 0 saturated carbocycles. The number of carbonyl (C=O) groups is 1. The molecule has 19 heavy (non-hydrogen) atoms. The average molecular weight is 285 g/mol. The number of rotatable bonds is 3. The maximum absolute atomic E-state index is 10.8. The molecule has 1 atom stereocenters. The van der Waals surface area contributed by atoms with Crippen LogP contribution in [0.2, 0.25) is 0 Å². The van der Waals surface area contributed by atoms with Crippen LogP contribution < -0.4 is 11.5 Å². The summed E-state index contributed by atoms with van der Waals surface area (Å²) in [6.07, 6.45) is 5.61. The van der Waals surface area contributed by atoms with Crippen molar-refractivity contribution in [3.8, 4) is 5.82 Å². The average Bonchev–Trinajstić information content (AvgIpc) is 2.90. The lowest BCUT2D eigenvalue weighted by Crippen LogP contribution is -2.52. The summed E-state index contributed by atoms with van der Waals surface area (Å²) in [5.74, 6) is 0.525. The standard InChI is InChI=1S/C9H11N7O.CH3Cl/c1-5(10)9-14-4-15-16(9)7-3-12-6(2-13-7)8(11)17;1-2/h2-5H,10H2,1H3,(H2,11,17);1H3/p+1. The van der Waals surface area contributed by atoms with Crippen molar-refractivity contribution in [2.75, 3.05) is 6.38 Å². The monoisotopic (exact) mass is 284 g/mol. The first-order chi connectivity index (χ1) is 9.09. The molecule has 0 radical (unpaired) electrons. The Balaban J connectivity index is 0.000000861. The molecule has 1 unspecified atom stereocenters. The van der Waals surface area contributed by atoms with Crippen molar-refractivity contribution in [2.45, 2.75) is 13.0 Å². The van der Waals surface area contributed by atoms with Crippen molar-refractivity contribution in [1.82, 2.24) is 24.7 Å². The van der Waals surface area contributed by atoms with Crippen LogP contribution in [-0.2, 0) is 0 Å². The van der Waals surface area contributed by atoms with E-state index in [-0.39, 0.29) is 11.7 Å². The molecule has 9 heteroatoms. The summed E-state index contributed by atoms with van der Waals surface area (Å²) < 4.78 is 1.52. The number of nitrogens with two attached hydrogens (primary N) is 1. The number of halogens is 1. The number of hydrogen-bond acceptors (Lipinski definition) is 5. The smallest absolute Gasteiger partial charge is 0.268 e. The summed E-state index contributed by atoms with van der Waals surface area (Å²) in [5, 5.41) is 4.03. The van der Waals surface area contributed by atoms with Gasteiger partial charge in [0.1, 0.15) is 18.1 Å². The van der Waals surface area contributed by atoms with Crippen LogP contribution in [0.1, 0.15) is 29.3 Å². The van der Waals surface area contributed by atoms with Crippen molar-refractivity contribution in [3.63, 3.8) is 0 Å². The van der Waals surface area contributed by atoms with Gasteiger partial charge in [-0.2, -0.15) is 9.78 Å². The van der Waals surface area contributed by atoms with E-state index in [9.17, 15) is 4.79 Å². The minimum absolute atomic E-state index is 0.0323. The summed E-state index contributed by atoms with van der Waals surface area (Å²) in [5.41, 5.74) is 9.05. The van der Waals surface area contributed by atoms with E-state index in [1.165, 1.54) is 29.8 Å². The largest absolute Gasteiger partial charge is 0.364 e. The molecule has 102 valence electrons. The first kappa shape index (κ1) is 15.0. The lowest BCUT2D eigenvalue weighted by atomic mass is 10.3. The fourth-order valence-electron chi connectivity index (χ4n) is 1.32. The number of aromatic nitrogens is 5. The van der Waals surface area contributed by atoms with Crippen LogP contribution in [0.4, 0.5) is 0 Å². The molecule has 1 amide bonds. The number of nitrogens with zero attached hydrogens (tertiary/aromatic N) is 5. The number of hydrogen-bond donors (Lipinski definition) is 2. The molecule has 8 nitrogen and oxygen atoms in total. The second-order valence-corrected chi connectivity index (χ2v) is 3.56. The van der Waals surface area contributed by atoms with Gasteiger partial charge in [-0.05, 0) is 6.92 Å². The van der Waals surface area contributed by atoms with E-state index in [2.05, 4.69) is 37.4 Å². The Bertz CT molecular complexity index is 537. The topological polar surface area (TPSA) is 127 Å². The van der Waals surface area contributed by atoms with Crippen LogP contribution in [0.25, 0.3) is 5.82 Å². The number of primary amides is 1. The van der Waals surface area contributed by atoms with Gasteiger partial charge in [-0.1, -0.05) is 0 Å². The molecule has 2 aromatic rings.